The van der Waals surface area contributed by atoms with E-state index in [0.29, 0.717) is 0 Å². The molecule has 1 unspecified atom stereocenters. The van der Waals surface area contributed by atoms with Crippen LogP contribution < -0.4 is 5.32 Å². The van der Waals surface area contributed by atoms with Crippen LogP contribution in [0.1, 0.15) is 33.6 Å². The second-order valence-corrected chi connectivity index (χ2v) is 3.13. The molecule has 1 atom stereocenters. The largest absolute Gasteiger partial charge is 0.290 e. The zero-order valence-corrected chi connectivity index (χ0v) is 7.18. The van der Waals surface area contributed by atoms with Gasteiger partial charge in [0.1, 0.15) is 6.23 Å². The van der Waals surface area contributed by atoms with E-state index < -0.39 is 6.23 Å². The molecule has 0 aliphatic rings. The van der Waals surface area contributed by atoms with Crippen LogP contribution in [0.25, 0.3) is 0 Å². The van der Waals surface area contributed by atoms with Crippen molar-refractivity contribution in [2.24, 2.45) is 5.92 Å². The zero-order chi connectivity index (χ0) is 7.98. The molecule has 2 nitrogen and oxygen atoms in total. The van der Waals surface area contributed by atoms with Crippen LogP contribution >= 0.6 is 0 Å². The maximum Gasteiger partial charge on any atom is 0.140 e. The Morgan fingerprint density at radius 3 is 2.30 bits per heavy atom. The summed E-state index contributed by atoms with van der Waals surface area (Å²) >= 11 is 0. The lowest BCUT2D eigenvalue weighted by molar-refractivity contribution is 0.0748. The first-order valence-corrected chi connectivity index (χ1v) is 4.02. The van der Waals surface area contributed by atoms with Crippen molar-refractivity contribution in [2.75, 3.05) is 6.54 Å². The van der Waals surface area contributed by atoms with Crippen molar-refractivity contribution in [1.29, 1.82) is 0 Å². The summed E-state index contributed by atoms with van der Waals surface area (Å²) in [6, 6.07) is 0. The number of nitrogens with one attached hydrogen (secondary N) is 1. The molecular formula is C8H18NO. The number of hydrogen-bond donors (Lipinski definition) is 1. The van der Waals surface area contributed by atoms with Gasteiger partial charge < -0.3 is 0 Å². The molecule has 0 saturated heterocycles. The van der Waals surface area contributed by atoms with E-state index in [1.165, 1.54) is 6.42 Å². The fourth-order valence-electron chi connectivity index (χ4n) is 0.816. The highest BCUT2D eigenvalue weighted by atomic mass is 16.3. The summed E-state index contributed by atoms with van der Waals surface area (Å²) in [6.45, 7) is 6.89. The third-order valence-corrected chi connectivity index (χ3v) is 1.39. The topological polar surface area (TPSA) is 31.9 Å². The molecule has 0 heterocycles. The Labute approximate surface area is 63.6 Å². The highest BCUT2D eigenvalue weighted by Gasteiger charge is 1.96. The van der Waals surface area contributed by atoms with E-state index in [9.17, 15) is 5.11 Å². The van der Waals surface area contributed by atoms with Crippen molar-refractivity contribution >= 4 is 0 Å². The van der Waals surface area contributed by atoms with Crippen molar-refractivity contribution in [3.63, 3.8) is 0 Å². The summed E-state index contributed by atoms with van der Waals surface area (Å²) in [5.74, 6) is 0.753. The maximum atomic E-state index is 10.5. The van der Waals surface area contributed by atoms with Gasteiger partial charge in [-0.25, -0.2) is 5.11 Å². The molecule has 0 rings (SSSR count). The molecule has 0 aromatic heterocycles. The van der Waals surface area contributed by atoms with Gasteiger partial charge in [-0.3, -0.25) is 5.32 Å². The first-order valence-electron chi connectivity index (χ1n) is 4.02. The van der Waals surface area contributed by atoms with Crippen LogP contribution in [-0.2, 0) is 5.11 Å². The van der Waals surface area contributed by atoms with Gasteiger partial charge in [0.2, 0.25) is 0 Å². The molecule has 2 heteroatoms. The fraction of sp³-hybridized carbons (Fsp3) is 1.00. The molecule has 0 aromatic carbocycles. The summed E-state index contributed by atoms with van der Waals surface area (Å²) in [5, 5.41) is 13.3. The van der Waals surface area contributed by atoms with Crippen molar-refractivity contribution in [2.45, 2.75) is 39.8 Å². The van der Waals surface area contributed by atoms with Gasteiger partial charge in [0, 0.05) is 0 Å². The van der Waals surface area contributed by atoms with Crippen molar-refractivity contribution in [3.05, 3.63) is 0 Å². The Kier molecular flexibility index (Phi) is 5.64. The fourth-order valence-corrected chi connectivity index (χ4v) is 0.816. The molecule has 0 aliphatic carbocycles. The summed E-state index contributed by atoms with van der Waals surface area (Å²) in [4.78, 5) is 0. The molecule has 0 aliphatic heterocycles. The van der Waals surface area contributed by atoms with E-state index in [2.05, 4.69) is 19.2 Å². The van der Waals surface area contributed by atoms with E-state index in [1.54, 1.807) is 6.92 Å². The van der Waals surface area contributed by atoms with Crippen LogP contribution in [0.15, 0.2) is 0 Å². The monoisotopic (exact) mass is 144 g/mol. The van der Waals surface area contributed by atoms with E-state index in [1.807, 2.05) is 0 Å². The third kappa shape index (κ3) is 7.92. The lowest BCUT2D eigenvalue weighted by Crippen LogP contribution is -2.25. The molecule has 61 valence electrons. The average molecular weight is 144 g/mol. The molecule has 0 bridgehead atoms. The predicted octanol–water partition coefficient (Wildman–Crippen LogP) is 1.79. The predicted molar refractivity (Wildman–Crippen MR) is 42.2 cm³/mol. The first-order chi connectivity index (χ1) is 4.63. The van der Waals surface area contributed by atoms with Crippen LogP contribution in [0.5, 0.6) is 0 Å². The molecule has 0 amide bonds. The van der Waals surface area contributed by atoms with Crippen LogP contribution in [-0.4, -0.2) is 12.8 Å². The molecule has 0 fully saturated rings. The van der Waals surface area contributed by atoms with Crippen molar-refractivity contribution in [3.8, 4) is 0 Å². The highest BCUT2D eigenvalue weighted by molar-refractivity contribution is 4.50. The minimum atomic E-state index is -0.604. The molecule has 0 saturated carbocycles. The van der Waals surface area contributed by atoms with Gasteiger partial charge in [0.05, 0.1) is 0 Å². The Morgan fingerprint density at radius 1 is 1.30 bits per heavy atom. The van der Waals surface area contributed by atoms with Crippen molar-refractivity contribution in [1.82, 2.24) is 5.32 Å². The SMILES string of the molecule is CC(C)CCCNC(C)[O]. The van der Waals surface area contributed by atoms with Crippen LogP contribution in [0.2, 0.25) is 0 Å². The van der Waals surface area contributed by atoms with Gasteiger partial charge in [0.15, 0.2) is 0 Å². The zero-order valence-electron chi connectivity index (χ0n) is 7.18. The third-order valence-electron chi connectivity index (χ3n) is 1.39. The molecular weight excluding hydrogens is 126 g/mol. The summed E-state index contributed by atoms with van der Waals surface area (Å²) in [5.41, 5.74) is 0. The first kappa shape index (κ1) is 9.92. The molecule has 0 spiro atoms. The van der Waals surface area contributed by atoms with Gasteiger partial charge in [0.25, 0.3) is 0 Å². The van der Waals surface area contributed by atoms with Crippen LogP contribution in [0, 0.1) is 5.92 Å². The smallest absolute Gasteiger partial charge is 0.140 e. The minimum absolute atomic E-state index is 0.604. The van der Waals surface area contributed by atoms with Crippen molar-refractivity contribution < 1.29 is 5.11 Å². The number of rotatable bonds is 5. The normalized spacial score (nSPS) is 14.1. The molecule has 1 radical (unpaired) electrons. The van der Waals surface area contributed by atoms with Gasteiger partial charge in [-0.2, -0.15) is 0 Å². The standard InChI is InChI=1S/C8H18NO/c1-7(2)5-4-6-9-8(3)10/h7-9H,4-6H2,1-3H3. The Morgan fingerprint density at radius 2 is 1.90 bits per heavy atom. The number of hydrogen-bond acceptors (Lipinski definition) is 1. The lowest BCUT2D eigenvalue weighted by atomic mass is 10.1. The van der Waals surface area contributed by atoms with E-state index >= 15 is 0 Å². The quantitative estimate of drug-likeness (QED) is 0.463. The van der Waals surface area contributed by atoms with E-state index in [-0.39, 0.29) is 0 Å². The maximum absolute atomic E-state index is 10.5. The van der Waals surface area contributed by atoms with Crippen LogP contribution in [0.4, 0.5) is 0 Å². The van der Waals surface area contributed by atoms with Gasteiger partial charge in [-0.05, 0) is 32.2 Å². The van der Waals surface area contributed by atoms with Gasteiger partial charge >= 0.3 is 0 Å². The summed E-state index contributed by atoms with van der Waals surface area (Å²) < 4.78 is 0. The van der Waals surface area contributed by atoms with E-state index in [0.717, 1.165) is 18.9 Å². The van der Waals surface area contributed by atoms with Gasteiger partial charge in [-0.1, -0.05) is 13.8 Å². The Bertz CT molecular complexity index is 61.7. The Balaban J connectivity index is 2.91. The molecule has 1 N–H and O–H groups in total. The summed E-state index contributed by atoms with van der Waals surface area (Å²) in [7, 11) is 0. The lowest BCUT2D eigenvalue weighted by Gasteiger charge is -2.06. The second kappa shape index (κ2) is 5.69. The van der Waals surface area contributed by atoms with Gasteiger partial charge in [-0.15, -0.1) is 0 Å². The van der Waals surface area contributed by atoms with E-state index in [4.69, 9.17) is 0 Å². The second-order valence-electron chi connectivity index (χ2n) is 3.13. The average Bonchev–Trinajstić information content (AvgIpc) is 1.79. The molecule has 10 heavy (non-hydrogen) atoms. The highest BCUT2D eigenvalue weighted by Crippen LogP contribution is 2.01. The Hall–Kier alpha value is -0.0800. The van der Waals surface area contributed by atoms with Crippen LogP contribution in [0.3, 0.4) is 0 Å². The molecule has 0 aromatic rings. The summed E-state index contributed by atoms with van der Waals surface area (Å²) in [6.07, 6.45) is 1.72. The minimum Gasteiger partial charge on any atom is -0.290 e.